The number of allylic oxidation sites excluding steroid dienone is 3. The van der Waals surface area contributed by atoms with Gasteiger partial charge >= 0.3 is 0 Å². The minimum atomic E-state index is -1.06. The van der Waals surface area contributed by atoms with E-state index in [9.17, 15) is 0 Å². The summed E-state index contributed by atoms with van der Waals surface area (Å²) in [6, 6.07) is 0. The van der Waals surface area contributed by atoms with Gasteiger partial charge in [-0.3, -0.25) is 0 Å². The second-order valence-corrected chi connectivity index (χ2v) is 11.3. The van der Waals surface area contributed by atoms with Gasteiger partial charge in [0, 0.05) is 6.54 Å². The van der Waals surface area contributed by atoms with Crippen molar-refractivity contribution in [1.82, 2.24) is 4.90 Å². The lowest BCUT2D eigenvalue weighted by Gasteiger charge is -2.16. The maximum atomic E-state index is 2.62. The summed E-state index contributed by atoms with van der Waals surface area (Å²) in [4.78, 5) is 2.62. The van der Waals surface area contributed by atoms with E-state index in [-0.39, 0.29) is 0 Å². The van der Waals surface area contributed by atoms with Crippen LogP contribution in [0.3, 0.4) is 0 Å². The van der Waals surface area contributed by atoms with E-state index in [0.29, 0.717) is 0 Å². The highest BCUT2D eigenvalue weighted by Crippen LogP contribution is 2.27. The highest BCUT2D eigenvalue weighted by molar-refractivity contribution is 6.83. The summed E-state index contributed by atoms with van der Waals surface area (Å²) in [6.45, 7) is 11.3. The summed E-state index contributed by atoms with van der Waals surface area (Å²) >= 11 is 0. The van der Waals surface area contributed by atoms with Crippen molar-refractivity contribution in [3.63, 3.8) is 0 Å². The van der Waals surface area contributed by atoms with Gasteiger partial charge in [-0.05, 0) is 38.8 Å². The molecule has 90 valence electrons. The molecule has 1 aliphatic heterocycles. The molecule has 1 aliphatic carbocycles. The minimum absolute atomic E-state index is 1.06. The van der Waals surface area contributed by atoms with E-state index in [1.165, 1.54) is 45.3 Å². The molecule has 1 saturated heterocycles. The van der Waals surface area contributed by atoms with Crippen LogP contribution in [0.5, 0.6) is 0 Å². The van der Waals surface area contributed by atoms with E-state index in [2.05, 4.69) is 36.7 Å². The lowest BCUT2D eigenvalue weighted by atomic mass is 10.1. The summed E-state index contributed by atoms with van der Waals surface area (Å²) < 4.78 is 0. The third-order valence-electron chi connectivity index (χ3n) is 3.76. The predicted octanol–water partition coefficient (Wildman–Crippen LogP) is 3.61. The highest BCUT2D eigenvalue weighted by Gasteiger charge is 2.21. The second-order valence-electron chi connectivity index (χ2n) is 6.21. The Labute approximate surface area is 101 Å². The maximum Gasteiger partial charge on any atom is 0.0771 e. The molecule has 0 atom stereocenters. The maximum absolute atomic E-state index is 2.62. The summed E-state index contributed by atoms with van der Waals surface area (Å²) in [5.41, 5.74) is 1.67. The standard InChI is InChI=1S/C14H25NSi/c1-16(2,3)14-7-6-13(12-14)8-11-15-9-4-5-10-15/h7,12H,4-6,8-11H2,1-3H3. The molecule has 16 heavy (non-hydrogen) atoms. The number of likely N-dealkylation sites (tertiary alicyclic amines) is 1. The molecule has 2 rings (SSSR count). The van der Waals surface area contributed by atoms with Crippen LogP contribution in [0.15, 0.2) is 22.9 Å². The van der Waals surface area contributed by atoms with Crippen LogP contribution in [-0.4, -0.2) is 32.6 Å². The molecular weight excluding hydrogens is 210 g/mol. The SMILES string of the molecule is C[Si](C)(C)C1=CCC(CCN2CCCC2)=C1. The lowest BCUT2D eigenvalue weighted by Crippen LogP contribution is -2.22. The second kappa shape index (κ2) is 4.88. The number of hydrogen-bond donors (Lipinski definition) is 0. The van der Waals surface area contributed by atoms with Crippen LogP contribution in [0, 0.1) is 0 Å². The summed E-state index contributed by atoms with van der Waals surface area (Å²) in [5.74, 6) is 0. The van der Waals surface area contributed by atoms with Crippen molar-refractivity contribution in [2.75, 3.05) is 19.6 Å². The van der Waals surface area contributed by atoms with Crippen molar-refractivity contribution in [3.8, 4) is 0 Å². The van der Waals surface area contributed by atoms with Crippen LogP contribution in [-0.2, 0) is 0 Å². The Kier molecular flexibility index (Phi) is 3.70. The molecule has 0 bridgehead atoms. The first kappa shape index (κ1) is 12.1. The third kappa shape index (κ3) is 3.08. The van der Waals surface area contributed by atoms with E-state index in [1.54, 1.807) is 10.8 Å². The Morgan fingerprint density at radius 2 is 1.88 bits per heavy atom. The number of rotatable bonds is 4. The van der Waals surface area contributed by atoms with Crippen molar-refractivity contribution in [3.05, 3.63) is 22.9 Å². The van der Waals surface area contributed by atoms with Gasteiger partial charge in [0.25, 0.3) is 0 Å². The molecule has 1 nitrogen and oxygen atoms in total. The largest absolute Gasteiger partial charge is 0.303 e. The Morgan fingerprint density at radius 3 is 2.44 bits per heavy atom. The van der Waals surface area contributed by atoms with Crippen LogP contribution in [0.4, 0.5) is 0 Å². The van der Waals surface area contributed by atoms with Gasteiger partial charge in [0.2, 0.25) is 0 Å². The first-order chi connectivity index (χ1) is 7.55. The van der Waals surface area contributed by atoms with Crippen LogP contribution < -0.4 is 0 Å². The zero-order chi connectivity index (χ0) is 11.6. The van der Waals surface area contributed by atoms with Gasteiger partial charge in [0.1, 0.15) is 0 Å². The fraction of sp³-hybridized carbons (Fsp3) is 0.714. The smallest absolute Gasteiger partial charge is 0.0771 e. The summed E-state index contributed by atoms with van der Waals surface area (Å²) in [5, 5.41) is 1.67. The quantitative estimate of drug-likeness (QED) is 0.673. The first-order valence-electron chi connectivity index (χ1n) is 6.68. The molecular formula is C14H25NSi. The summed E-state index contributed by atoms with van der Waals surface area (Å²) in [6.07, 6.45) is 10.3. The minimum Gasteiger partial charge on any atom is -0.303 e. The van der Waals surface area contributed by atoms with Crippen molar-refractivity contribution in [1.29, 1.82) is 0 Å². The number of hydrogen-bond acceptors (Lipinski definition) is 1. The van der Waals surface area contributed by atoms with Gasteiger partial charge in [-0.1, -0.05) is 42.6 Å². The van der Waals surface area contributed by atoms with Crippen LogP contribution >= 0.6 is 0 Å². The zero-order valence-corrected chi connectivity index (χ0v) is 12.1. The van der Waals surface area contributed by atoms with E-state index in [1.807, 2.05) is 0 Å². The molecule has 0 spiro atoms. The van der Waals surface area contributed by atoms with Crippen LogP contribution in [0.25, 0.3) is 0 Å². The van der Waals surface area contributed by atoms with Gasteiger partial charge < -0.3 is 4.90 Å². The first-order valence-corrected chi connectivity index (χ1v) is 10.2. The van der Waals surface area contributed by atoms with Crippen molar-refractivity contribution in [2.24, 2.45) is 0 Å². The zero-order valence-electron chi connectivity index (χ0n) is 11.1. The molecule has 2 aliphatic rings. The van der Waals surface area contributed by atoms with Gasteiger partial charge in [0.15, 0.2) is 0 Å². The number of nitrogens with zero attached hydrogens (tertiary/aromatic N) is 1. The van der Waals surface area contributed by atoms with Gasteiger partial charge in [-0.2, -0.15) is 0 Å². The molecule has 0 unspecified atom stereocenters. The molecule has 2 heteroatoms. The topological polar surface area (TPSA) is 3.24 Å². The molecule has 1 fully saturated rings. The van der Waals surface area contributed by atoms with Gasteiger partial charge in [-0.15, -0.1) is 0 Å². The monoisotopic (exact) mass is 235 g/mol. The molecule has 0 saturated carbocycles. The molecule has 0 amide bonds. The molecule has 1 heterocycles. The average molecular weight is 235 g/mol. The Hall–Kier alpha value is -0.343. The molecule has 0 radical (unpaired) electrons. The van der Waals surface area contributed by atoms with Gasteiger partial charge in [0.05, 0.1) is 8.07 Å². The average Bonchev–Trinajstić information content (AvgIpc) is 2.85. The fourth-order valence-corrected chi connectivity index (χ4v) is 3.94. The van der Waals surface area contributed by atoms with Crippen LogP contribution in [0.2, 0.25) is 19.6 Å². The lowest BCUT2D eigenvalue weighted by molar-refractivity contribution is 0.342. The Morgan fingerprint density at radius 1 is 1.19 bits per heavy atom. The Bertz CT molecular complexity index is 303. The van der Waals surface area contributed by atoms with Crippen molar-refractivity contribution >= 4 is 8.07 Å². The molecule has 0 N–H and O–H groups in total. The van der Waals surface area contributed by atoms with E-state index < -0.39 is 8.07 Å². The predicted molar refractivity (Wildman–Crippen MR) is 74.4 cm³/mol. The van der Waals surface area contributed by atoms with E-state index in [4.69, 9.17) is 0 Å². The van der Waals surface area contributed by atoms with E-state index in [0.717, 1.165) is 0 Å². The fourth-order valence-electron chi connectivity index (χ4n) is 2.58. The van der Waals surface area contributed by atoms with Crippen molar-refractivity contribution < 1.29 is 0 Å². The molecule has 0 aromatic heterocycles. The van der Waals surface area contributed by atoms with Crippen LogP contribution in [0.1, 0.15) is 25.7 Å². The van der Waals surface area contributed by atoms with Crippen molar-refractivity contribution in [2.45, 2.75) is 45.3 Å². The Balaban J connectivity index is 1.80. The van der Waals surface area contributed by atoms with Gasteiger partial charge in [-0.25, -0.2) is 0 Å². The highest BCUT2D eigenvalue weighted by atomic mass is 28.3. The molecule has 0 aromatic carbocycles. The molecule has 0 aromatic rings. The normalized spacial score (nSPS) is 22.4. The third-order valence-corrected chi connectivity index (χ3v) is 5.84. The van der Waals surface area contributed by atoms with E-state index >= 15 is 0 Å². The summed E-state index contributed by atoms with van der Waals surface area (Å²) in [7, 11) is -1.06.